The van der Waals surface area contributed by atoms with E-state index in [-0.39, 0.29) is 5.91 Å². The first-order chi connectivity index (χ1) is 8.22. The van der Waals surface area contributed by atoms with Gasteiger partial charge in [-0.3, -0.25) is 4.79 Å². The summed E-state index contributed by atoms with van der Waals surface area (Å²) in [5.74, 6) is 0.928. The van der Waals surface area contributed by atoms with Crippen LogP contribution in [0, 0.1) is 0 Å². The zero-order valence-corrected chi connectivity index (χ0v) is 10.2. The van der Waals surface area contributed by atoms with Crippen LogP contribution in [-0.2, 0) is 4.79 Å². The third-order valence-electron chi connectivity index (χ3n) is 2.25. The van der Waals surface area contributed by atoms with Crippen LogP contribution in [0.25, 0.3) is 0 Å². The molecule has 1 aromatic heterocycles. The van der Waals surface area contributed by atoms with Crippen LogP contribution in [0.3, 0.4) is 0 Å². The Morgan fingerprint density at radius 2 is 2.24 bits per heavy atom. The summed E-state index contributed by atoms with van der Waals surface area (Å²) >= 11 is 0. The molecule has 0 saturated carbocycles. The number of aromatic nitrogens is 1. The lowest BCUT2D eigenvalue weighted by molar-refractivity contribution is -0.121. The van der Waals surface area contributed by atoms with Gasteiger partial charge in [-0.1, -0.05) is 6.92 Å². The first-order valence-electron chi connectivity index (χ1n) is 5.94. The lowest BCUT2D eigenvalue weighted by Crippen LogP contribution is -2.25. The molecule has 0 fully saturated rings. The number of rotatable bonds is 7. The van der Waals surface area contributed by atoms with Crippen LogP contribution in [0.1, 0.15) is 26.2 Å². The summed E-state index contributed by atoms with van der Waals surface area (Å²) < 4.78 is 0. The largest absolute Gasteiger partial charge is 0.397 e. The lowest BCUT2D eigenvalue weighted by Gasteiger charge is -2.06. The summed E-state index contributed by atoms with van der Waals surface area (Å²) in [6.07, 6.45) is 3.99. The summed E-state index contributed by atoms with van der Waals surface area (Å²) in [4.78, 5) is 15.3. The van der Waals surface area contributed by atoms with Gasteiger partial charge >= 0.3 is 0 Å². The Hall–Kier alpha value is -1.78. The Kier molecular flexibility index (Phi) is 5.85. The van der Waals surface area contributed by atoms with E-state index in [9.17, 15) is 4.79 Å². The standard InChI is InChI=1S/C12H20N4O/c1-2-4-12(17)15-8-3-7-14-11-6-5-10(13)9-16-11/h5-6,9H,2-4,7-8,13H2,1H3,(H,14,16)(H,15,17). The van der Waals surface area contributed by atoms with Gasteiger partial charge in [0.05, 0.1) is 11.9 Å². The van der Waals surface area contributed by atoms with Crippen molar-refractivity contribution in [3.8, 4) is 0 Å². The second-order valence-corrected chi connectivity index (χ2v) is 3.86. The van der Waals surface area contributed by atoms with E-state index in [1.54, 1.807) is 12.3 Å². The molecule has 0 aliphatic heterocycles. The molecule has 0 aliphatic rings. The Bertz CT molecular complexity index is 337. The number of nitrogens with one attached hydrogen (secondary N) is 2. The van der Waals surface area contributed by atoms with E-state index < -0.39 is 0 Å². The molecule has 17 heavy (non-hydrogen) atoms. The average Bonchev–Trinajstić information content (AvgIpc) is 2.31. The maximum atomic E-state index is 11.2. The molecular formula is C12H20N4O. The first kappa shape index (κ1) is 13.3. The van der Waals surface area contributed by atoms with Gasteiger partial charge in [-0.2, -0.15) is 0 Å². The van der Waals surface area contributed by atoms with E-state index in [0.717, 1.165) is 25.2 Å². The zero-order chi connectivity index (χ0) is 12.5. The van der Waals surface area contributed by atoms with Gasteiger partial charge in [0.15, 0.2) is 0 Å². The molecule has 0 radical (unpaired) electrons. The number of hydrogen-bond donors (Lipinski definition) is 3. The molecule has 1 amide bonds. The minimum atomic E-state index is 0.123. The Balaban J connectivity index is 2.08. The van der Waals surface area contributed by atoms with Crippen LogP contribution in [0.5, 0.6) is 0 Å². The van der Waals surface area contributed by atoms with Crippen molar-refractivity contribution in [1.29, 1.82) is 0 Å². The summed E-state index contributed by atoms with van der Waals surface area (Å²) in [6.45, 7) is 3.47. The van der Waals surface area contributed by atoms with Crippen molar-refractivity contribution in [2.75, 3.05) is 24.1 Å². The molecule has 0 unspecified atom stereocenters. The summed E-state index contributed by atoms with van der Waals surface area (Å²) in [5, 5.41) is 6.02. The second kappa shape index (κ2) is 7.49. The molecule has 1 heterocycles. The quantitative estimate of drug-likeness (QED) is 0.625. The van der Waals surface area contributed by atoms with Crippen molar-refractivity contribution in [3.63, 3.8) is 0 Å². The molecule has 0 spiro atoms. The summed E-state index contributed by atoms with van der Waals surface area (Å²) in [7, 11) is 0. The molecule has 0 aromatic carbocycles. The van der Waals surface area contributed by atoms with Crippen molar-refractivity contribution in [3.05, 3.63) is 18.3 Å². The lowest BCUT2D eigenvalue weighted by atomic mass is 10.3. The number of anilines is 2. The average molecular weight is 236 g/mol. The van der Waals surface area contributed by atoms with Gasteiger partial charge in [0, 0.05) is 19.5 Å². The van der Waals surface area contributed by atoms with Crippen LogP contribution in [-0.4, -0.2) is 24.0 Å². The van der Waals surface area contributed by atoms with E-state index in [2.05, 4.69) is 15.6 Å². The van der Waals surface area contributed by atoms with Gasteiger partial charge in [0.25, 0.3) is 0 Å². The number of nitrogens with two attached hydrogens (primary N) is 1. The van der Waals surface area contributed by atoms with Gasteiger partial charge < -0.3 is 16.4 Å². The van der Waals surface area contributed by atoms with E-state index in [4.69, 9.17) is 5.73 Å². The van der Waals surface area contributed by atoms with Gasteiger partial charge in [0.2, 0.25) is 5.91 Å². The predicted molar refractivity (Wildman–Crippen MR) is 69.7 cm³/mol. The normalized spacial score (nSPS) is 9.94. The topological polar surface area (TPSA) is 80.0 Å². The Morgan fingerprint density at radius 3 is 2.88 bits per heavy atom. The predicted octanol–water partition coefficient (Wildman–Crippen LogP) is 1.38. The molecule has 1 aromatic rings. The van der Waals surface area contributed by atoms with Crippen molar-refractivity contribution in [2.45, 2.75) is 26.2 Å². The number of hydrogen-bond acceptors (Lipinski definition) is 4. The maximum Gasteiger partial charge on any atom is 0.219 e. The van der Waals surface area contributed by atoms with Gasteiger partial charge in [-0.05, 0) is 25.0 Å². The number of amides is 1. The minimum absolute atomic E-state index is 0.123. The zero-order valence-electron chi connectivity index (χ0n) is 10.2. The number of pyridine rings is 1. The SMILES string of the molecule is CCCC(=O)NCCCNc1ccc(N)cn1. The molecule has 0 atom stereocenters. The van der Waals surface area contributed by atoms with Crippen molar-refractivity contribution in [1.82, 2.24) is 10.3 Å². The minimum Gasteiger partial charge on any atom is -0.397 e. The molecule has 4 N–H and O–H groups in total. The molecule has 0 saturated heterocycles. The van der Waals surface area contributed by atoms with Crippen LogP contribution < -0.4 is 16.4 Å². The van der Waals surface area contributed by atoms with Crippen molar-refractivity contribution in [2.24, 2.45) is 0 Å². The smallest absolute Gasteiger partial charge is 0.219 e. The molecule has 5 nitrogen and oxygen atoms in total. The number of nitrogen functional groups attached to an aromatic ring is 1. The highest BCUT2D eigenvalue weighted by molar-refractivity contribution is 5.75. The fourth-order valence-corrected chi connectivity index (χ4v) is 1.36. The molecule has 1 rings (SSSR count). The number of nitrogens with zero attached hydrogens (tertiary/aromatic N) is 1. The van der Waals surface area contributed by atoms with E-state index >= 15 is 0 Å². The second-order valence-electron chi connectivity index (χ2n) is 3.86. The Labute approximate surface area is 102 Å². The maximum absolute atomic E-state index is 11.2. The Morgan fingerprint density at radius 1 is 1.41 bits per heavy atom. The summed E-state index contributed by atoms with van der Waals surface area (Å²) in [5.41, 5.74) is 6.18. The first-order valence-corrected chi connectivity index (χ1v) is 5.94. The van der Waals surface area contributed by atoms with Gasteiger partial charge in [-0.15, -0.1) is 0 Å². The van der Waals surface area contributed by atoms with Crippen LogP contribution >= 0.6 is 0 Å². The molecule has 0 aliphatic carbocycles. The monoisotopic (exact) mass is 236 g/mol. The highest BCUT2D eigenvalue weighted by Gasteiger charge is 1.97. The molecular weight excluding hydrogens is 216 g/mol. The summed E-state index contributed by atoms with van der Waals surface area (Å²) in [6, 6.07) is 3.64. The van der Waals surface area contributed by atoms with Crippen LogP contribution in [0.2, 0.25) is 0 Å². The third kappa shape index (κ3) is 5.75. The van der Waals surface area contributed by atoms with E-state index in [1.165, 1.54) is 0 Å². The van der Waals surface area contributed by atoms with Crippen LogP contribution in [0.15, 0.2) is 18.3 Å². The van der Waals surface area contributed by atoms with E-state index in [1.807, 2.05) is 13.0 Å². The fraction of sp³-hybridized carbons (Fsp3) is 0.500. The molecule has 5 heteroatoms. The third-order valence-corrected chi connectivity index (χ3v) is 2.25. The fourth-order valence-electron chi connectivity index (χ4n) is 1.36. The van der Waals surface area contributed by atoms with Crippen molar-refractivity contribution >= 4 is 17.4 Å². The molecule has 0 bridgehead atoms. The highest BCUT2D eigenvalue weighted by atomic mass is 16.1. The van der Waals surface area contributed by atoms with Crippen LogP contribution in [0.4, 0.5) is 11.5 Å². The van der Waals surface area contributed by atoms with E-state index in [0.29, 0.717) is 18.7 Å². The van der Waals surface area contributed by atoms with Crippen molar-refractivity contribution < 1.29 is 4.79 Å². The number of carbonyl (C=O) groups is 1. The molecule has 94 valence electrons. The number of carbonyl (C=O) groups excluding carboxylic acids is 1. The highest BCUT2D eigenvalue weighted by Crippen LogP contribution is 2.05. The van der Waals surface area contributed by atoms with Gasteiger partial charge in [-0.25, -0.2) is 4.98 Å². The van der Waals surface area contributed by atoms with Gasteiger partial charge in [0.1, 0.15) is 5.82 Å².